The summed E-state index contributed by atoms with van der Waals surface area (Å²) in [6, 6.07) is 39.5. The molecular formula is C32H20N2O. The minimum absolute atomic E-state index is 0.906. The maximum absolute atomic E-state index is 6.25. The second-order valence-electron chi connectivity index (χ2n) is 8.65. The summed E-state index contributed by atoms with van der Waals surface area (Å²) in [5.74, 6) is 0. The Morgan fingerprint density at radius 2 is 1.29 bits per heavy atom. The van der Waals surface area contributed by atoms with Gasteiger partial charge in [-0.1, -0.05) is 91.0 Å². The largest absolute Gasteiger partial charge is 0.455 e. The third-order valence-corrected chi connectivity index (χ3v) is 6.54. The fourth-order valence-electron chi connectivity index (χ4n) is 4.83. The maximum atomic E-state index is 6.25. The summed E-state index contributed by atoms with van der Waals surface area (Å²) in [7, 11) is 0. The first kappa shape index (κ1) is 19.7. The number of fused-ring (bicyclic) bond motifs is 4. The normalized spacial score (nSPS) is 11.4. The van der Waals surface area contributed by atoms with Crippen molar-refractivity contribution in [2.24, 2.45) is 0 Å². The fourth-order valence-corrected chi connectivity index (χ4v) is 4.83. The topological polar surface area (TPSA) is 38.9 Å². The lowest BCUT2D eigenvalue weighted by atomic mass is 9.99. The van der Waals surface area contributed by atoms with E-state index in [-0.39, 0.29) is 0 Å². The van der Waals surface area contributed by atoms with Crippen LogP contribution in [-0.2, 0) is 0 Å². The molecule has 0 fully saturated rings. The van der Waals surface area contributed by atoms with Crippen molar-refractivity contribution in [1.29, 1.82) is 0 Å². The van der Waals surface area contributed by atoms with Gasteiger partial charge in [0.05, 0.1) is 16.9 Å². The molecule has 3 heteroatoms. The standard InChI is InChI=1S/C32H20N2O/c1-2-8-23(9-3-1)31-27-13-7-19-33-29(27)20-28(34-31)22-17-15-21(16-18-22)24-11-6-12-26-25-10-4-5-14-30(25)35-32(24)26/h1-20H. The third-order valence-electron chi connectivity index (χ3n) is 6.54. The molecule has 35 heavy (non-hydrogen) atoms. The van der Waals surface area contributed by atoms with Crippen LogP contribution in [0.2, 0.25) is 0 Å². The average Bonchev–Trinajstić information content (AvgIpc) is 3.32. The Morgan fingerprint density at radius 3 is 2.17 bits per heavy atom. The van der Waals surface area contributed by atoms with Crippen LogP contribution in [0.3, 0.4) is 0 Å². The zero-order valence-corrected chi connectivity index (χ0v) is 18.8. The van der Waals surface area contributed by atoms with Crippen molar-refractivity contribution < 1.29 is 4.42 Å². The molecule has 0 aliphatic rings. The van der Waals surface area contributed by atoms with E-state index < -0.39 is 0 Å². The van der Waals surface area contributed by atoms with Crippen LogP contribution in [0.5, 0.6) is 0 Å². The summed E-state index contributed by atoms with van der Waals surface area (Å²) in [6.45, 7) is 0. The predicted octanol–water partition coefficient (Wildman–Crippen LogP) is 8.53. The molecule has 164 valence electrons. The Kier molecular flexibility index (Phi) is 4.46. The lowest BCUT2D eigenvalue weighted by Crippen LogP contribution is -1.92. The first-order valence-corrected chi connectivity index (χ1v) is 11.7. The average molecular weight is 449 g/mol. The summed E-state index contributed by atoms with van der Waals surface area (Å²) in [6.07, 6.45) is 1.83. The highest BCUT2D eigenvalue weighted by molar-refractivity contribution is 6.09. The highest BCUT2D eigenvalue weighted by Crippen LogP contribution is 2.36. The van der Waals surface area contributed by atoms with Gasteiger partial charge in [-0.3, -0.25) is 4.98 Å². The summed E-state index contributed by atoms with van der Waals surface area (Å²) in [4.78, 5) is 9.69. The molecule has 3 heterocycles. The minimum atomic E-state index is 0.906. The molecule has 0 bridgehead atoms. The van der Waals surface area contributed by atoms with Gasteiger partial charge in [0.2, 0.25) is 0 Å². The van der Waals surface area contributed by atoms with E-state index in [4.69, 9.17) is 9.40 Å². The van der Waals surface area contributed by atoms with Crippen LogP contribution in [0, 0.1) is 0 Å². The number of hydrogen-bond acceptors (Lipinski definition) is 3. The van der Waals surface area contributed by atoms with Gasteiger partial charge in [0.15, 0.2) is 0 Å². The Bertz CT molecular complexity index is 1830. The molecule has 7 rings (SSSR count). The van der Waals surface area contributed by atoms with E-state index in [2.05, 4.69) is 77.8 Å². The molecule has 0 N–H and O–H groups in total. The van der Waals surface area contributed by atoms with Gasteiger partial charge in [0, 0.05) is 39.0 Å². The lowest BCUT2D eigenvalue weighted by molar-refractivity contribution is 0.670. The molecule has 0 unspecified atom stereocenters. The Labute approximate surface area is 202 Å². The van der Waals surface area contributed by atoms with Crippen LogP contribution in [-0.4, -0.2) is 9.97 Å². The van der Waals surface area contributed by atoms with Crippen LogP contribution in [0.25, 0.3) is 66.5 Å². The Balaban J connectivity index is 1.35. The van der Waals surface area contributed by atoms with Crippen molar-refractivity contribution >= 4 is 32.8 Å². The van der Waals surface area contributed by atoms with Gasteiger partial charge in [-0.25, -0.2) is 4.98 Å². The van der Waals surface area contributed by atoms with Crippen molar-refractivity contribution in [1.82, 2.24) is 9.97 Å². The van der Waals surface area contributed by atoms with Crippen LogP contribution >= 0.6 is 0 Å². The summed E-state index contributed by atoms with van der Waals surface area (Å²) in [5, 5.41) is 3.33. The smallest absolute Gasteiger partial charge is 0.143 e. The second kappa shape index (κ2) is 7.93. The van der Waals surface area contributed by atoms with E-state index in [1.807, 2.05) is 48.7 Å². The molecule has 3 aromatic heterocycles. The van der Waals surface area contributed by atoms with E-state index in [9.17, 15) is 0 Å². The number of rotatable bonds is 3. The first-order valence-electron chi connectivity index (χ1n) is 11.7. The number of para-hydroxylation sites is 2. The van der Waals surface area contributed by atoms with Gasteiger partial charge in [0.1, 0.15) is 11.2 Å². The lowest BCUT2D eigenvalue weighted by Gasteiger charge is -2.10. The van der Waals surface area contributed by atoms with Gasteiger partial charge >= 0.3 is 0 Å². The molecular weight excluding hydrogens is 428 g/mol. The molecule has 3 nitrogen and oxygen atoms in total. The zero-order chi connectivity index (χ0) is 23.2. The summed E-state index contributed by atoms with van der Waals surface area (Å²) >= 11 is 0. The number of furan rings is 1. The van der Waals surface area contributed by atoms with Gasteiger partial charge in [-0.05, 0) is 29.8 Å². The maximum Gasteiger partial charge on any atom is 0.143 e. The van der Waals surface area contributed by atoms with Gasteiger partial charge in [-0.15, -0.1) is 0 Å². The molecule has 7 aromatic rings. The first-order chi connectivity index (χ1) is 17.3. The van der Waals surface area contributed by atoms with Crippen LogP contribution < -0.4 is 0 Å². The molecule has 0 aliphatic carbocycles. The van der Waals surface area contributed by atoms with Crippen molar-refractivity contribution in [3.05, 3.63) is 121 Å². The summed E-state index contributed by atoms with van der Waals surface area (Å²) < 4.78 is 6.25. The minimum Gasteiger partial charge on any atom is -0.455 e. The molecule has 0 aliphatic heterocycles. The van der Waals surface area contributed by atoms with Gasteiger partial charge in [-0.2, -0.15) is 0 Å². The molecule has 4 aromatic carbocycles. The van der Waals surface area contributed by atoms with Crippen molar-refractivity contribution in [3.63, 3.8) is 0 Å². The summed E-state index contributed by atoms with van der Waals surface area (Å²) in [5.41, 5.74) is 8.95. The van der Waals surface area contributed by atoms with Crippen LogP contribution in [0.1, 0.15) is 0 Å². The van der Waals surface area contributed by atoms with E-state index in [1.54, 1.807) is 0 Å². The molecule has 0 spiro atoms. The molecule has 0 saturated heterocycles. The fraction of sp³-hybridized carbons (Fsp3) is 0. The van der Waals surface area contributed by atoms with Gasteiger partial charge < -0.3 is 4.42 Å². The molecule has 0 radical (unpaired) electrons. The SMILES string of the molecule is c1ccc(-c2nc(-c3ccc(-c4cccc5c4oc4ccccc45)cc3)cc3ncccc23)cc1. The molecule has 0 saturated carbocycles. The number of benzene rings is 4. The Morgan fingerprint density at radius 1 is 0.543 bits per heavy atom. The van der Waals surface area contributed by atoms with E-state index in [1.165, 1.54) is 0 Å². The van der Waals surface area contributed by atoms with Crippen molar-refractivity contribution in [3.8, 4) is 33.6 Å². The number of nitrogens with zero attached hydrogens (tertiary/aromatic N) is 2. The molecule has 0 amide bonds. The van der Waals surface area contributed by atoms with E-state index in [0.29, 0.717) is 0 Å². The van der Waals surface area contributed by atoms with Gasteiger partial charge in [0.25, 0.3) is 0 Å². The zero-order valence-electron chi connectivity index (χ0n) is 18.8. The van der Waals surface area contributed by atoms with E-state index >= 15 is 0 Å². The number of hydrogen-bond donors (Lipinski definition) is 0. The van der Waals surface area contributed by atoms with E-state index in [0.717, 1.165) is 66.5 Å². The van der Waals surface area contributed by atoms with Crippen molar-refractivity contribution in [2.75, 3.05) is 0 Å². The highest BCUT2D eigenvalue weighted by Gasteiger charge is 2.13. The predicted molar refractivity (Wildman–Crippen MR) is 143 cm³/mol. The van der Waals surface area contributed by atoms with Crippen LogP contribution in [0.15, 0.2) is 126 Å². The van der Waals surface area contributed by atoms with Crippen molar-refractivity contribution in [2.45, 2.75) is 0 Å². The quantitative estimate of drug-likeness (QED) is 0.272. The Hall–Kier alpha value is -4.76. The molecule has 0 atom stereocenters. The number of pyridine rings is 2. The second-order valence-corrected chi connectivity index (χ2v) is 8.65. The number of aromatic nitrogens is 2. The van der Waals surface area contributed by atoms with Crippen LogP contribution in [0.4, 0.5) is 0 Å². The third kappa shape index (κ3) is 3.29. The highest BCUT2D eigenvalue weighted by atomic mass is 16.3. The monoisotopic (exact) mass is 448 g/mol.